The number of aliphatic hydroxyl groups is 1. The van der Waals surface area contributed by atoms with Crippen molar-refractivity contribution in [2.24, 2.45) is 0 Å². The fourth-order valence-corrected chi connectivity index (χ4v) is 3.75. The first-order valence-electron chi connectivity index (χ1n) is 8.63. The normalized spacial score (nSPS) is 15.7. The Kier molecular flexibility index (Phi) is 7.24. The van der Waals surface area contributed by atoms with E-state index in [-0.39, 0.29) is 22.8 Å². The summed E-state index contributed by atoms with van der Waals surface area (Å²) < 4.78 is 33.4. The summed E-state index contributed by atoms with van der Waals surface area (Å²) in [6.45, 7) is 2.87. The van der Waals surface area contributed by atoms with Crippen molar-refractivity contribution < 1.29 is 38.0 Å². The van der Waals surface area contributed by atoms with Gasteiger partial charge in [0.2, 0.25) is 9.84 Å². The molecule has 2 aliphatic heterocycles. The van der Waals surface area contributed by atoms with Crippen molar-refractivity contribution in [2.45, 2.75) is 19.8 Å². The van der Waals surface area contributed by atoms with Gasteiger partial charge in [-0.3, -0.25) is 0 Å². The number of carboxylic acids is 1. The highest BCUT2D eigenvalue weighted by molar-refractivity contribution is 8.00. The molecule has 2 bridgehead atoms. The van der Waals surface area contributed by atoms with Gasteiger partial charge in [-0.2, -0.15) is 0 Å². The summed E-state index contributed by atoms with van der Waals surface area (Å²) in [5.74, 6) is -0.552. The molecular weight excluding hydrogens is 388 g/mol. The number of rotatable bonds is 8. The predicted molar refractivity (Wildman–Crippen MR) is 102 cm³/mol. The molecule has 1 aromatic rings. The largest absolute Gasteiger partial charge is 0.507 e. The number of aliphatic hydroxyl groups excluding tert-OH is 1. The van der Waals surface area contributed by atoms with Crippen LogP contribution in [0.3, 0.4) is 0 Å². The Bertz CT molecular complexity index is 925. The van der Waals surface area contributed by atoms with Gasteiger partial charge in [-0.15, -0.1) is 0 Å². The lowest BCUT2D eigenvalue weighted by Crippen LogP contribution is -1.99. The van der Waals surface area contributed by atoms with E-state index in [0.717, 1.165) is 6.42 Å². The molecular formula is C19H22O8S. The van der Waals surface area contributed by atoms with Gasteiger partial charge >= 0.3 is 5.97 Å². The number of benzene rings is 1. The number of hydrogen-bond acceptors (Lipinski definition) is 7. The van der Waals surface area contributed by atoms with Gasteiger partial charge < -0.3 is 24.8 Å². The van der Waals surface area contributed by atoms with Crippen LogP contribution in [0.1, 0.15) is 30.1 Å². The third kappa shape index (κ3) is 4.93. The van der Waals surface area contributed by atoms with Crippen LogP contribution in [0.15, 0.2) is 52.0 Å². The Labute approximate surface area is 162 Å². The van der Waals surface area contributed by atoms with E-state index in [4.69, 9.17) is 19.7 Å². The van der Waals surface area contributed by atoms with E-state index >= 15 is 0 Å². The summed E-state index contributed by atoms with van der Waals surface area (Å²) in [6.07, 6.45) is 5.97. The molecule has 3 N–H and O–H groups in total. The van der Waals surface area contributed by atoms with Gasteiger partial charge in [-0.05, 0) is 36.8 Å². The van der Waals surface area contributed by atoms with Crippen molar-refractivity contribution in [3.05, 3.63) is 57.6 Å². The maximum Gasteiger partial charge on any atom is 0.339 e. The zero-order valence-electron chi connectivity index (χ0n) is 15.3. The van der Waals surface area contributed by atoms with E-state index in [0.29, 0.717) is 36.0 Å². The van der Waals surface area contributed by atoms with E-state index in [2.05, 4.69) is 0 Å². The second-order valence-electron chi connectivity index (χ2n) is 5.87. The highest BCUT2D eigenvalue weighted by atomic mass is 32.2. The van der Waals surface area contributed by atoms with Gasteiger partial charge in [0, 0.05) is 19.1 Å². The molecule has 0 fully saturated rings. The monoisotopic (exact) mass is 410 g/mol. The van der Waals surface area contributed by atoms with Crippen molar-refractivity contribution in [2.75, 3.05) is 19.8 Å². The van der Waals surface area contributed by atoms with Crippen LogP contribution < -0.4 is 4.74 Å². The molecule has 0 saturated carbocycles. The zero-order chi connectivity index (χ0) is 20.7. The molecule has 2 aliphatic rings. The predicted octanol–water partition coefficient (Wildman–Crippen LogP) is 2.36. The van der Waals surface area contributed by atoms with Crippen molar-refractivity contribution in [3.8, 4) is 11.5 Å². The number of ether oxygens (including phenoxy) is 2. The highest BCUT2D eigenvalue weighted by Crippen LogP contribution is 2.37. The number of allylic oxidation sites excluding steroid dienone is 3. The quantitative estimate of drug-likeness (QED) is 0.557. The maximum atomic E-state index is 11.5. The summed E-state index contributed by atoms with van der Waals surface area (Å²) in [4.78, 5) is 11.2. The van der Waals surface area contributed by atoms with Crippen LogP contribution in [-0.2, 0) is 14.6 Å². The number of aromatic carboxylic acids is 1. The van der Waals surface area contributed by atoms with Crippen LogP contribution in [0.25, 0.3) is 0 Å². The molecule has 0 aromatic heterocycles. The summed E-state index contributed by atoms with van der Waals surface area (Å²) in [5, 5.41) is 26.4. The van der Waals surface area contributed by atoms with E-state index < -0.39 is 15.8 Å². The summed E-state index contributed by atoms with van der Waals surface area (Å²) in [7, 11) is -3.24. The minimum Gasteiger partial charge on any atom is -0.507 e. The van der Waals surface area contributed by atoms with Crippen LogP contribution in [0, 0.1) is 0 Å². The lowest BCUT2D eigenvalue weighted by atomic mass is 10.2. The van der Waals surface area contributed by atoms with Gasteiger partial charge in [0.1, 0.15) is 27.7 Å². The highest BCUT2D eigenvalue weighted by Gasteiger charge is 2.34. The van der Waals surface area contributed by atoms with Crippen molar-refractivity contribution in [1.29, 1.82) is 0 Å². The Balaban J connectivity index is 0.000000200. The molecule has 0 saturated heterocycles. The van der Waals surface area contributed by atoms with Gasteiger partial charge in [0.05, 0.1) is 18.1 Å². The van der Waals surface area contributed by atoms with Crippen molar-refractivity contribution in [3.63, 3.8) is 0 Å². The average molecular weight is 410 g/mol. The molecule has 152 valence electrons. The third-order valence-corrected chi connectivity index (χ3v) is 5.54. The molecule has 0 amide bonds. The summed E-state index contributed by atoms with van der Waals surface area (Å²) in [5.41, 5.74) is -0.140. The number of phenols is 1. The molecule has 0 radical (unpaired) electrons. The molecule has 1 aromatic carbocycles. The number of fused-ring (bicyclic) bond motifs is 2. The van der Waals surface area contributed by atoms with E-state index in [9.17, 15) is 18.3 Å². The lowest BCUT2D eigenvalue weighted by molar-refractivity contribution is 0.0693. The standard InChI is InChI=1S/C10H12O4.C9H10O4S/c1-2-5-14-7-3-4-9(11)8(6-7)10(12)13;10-4-1-5-13-8-6-7-2-3-9(8)14(7,11)12/h3-4,6,11H,2,5H2,1H3,(H,12,13);2-3,6,10H,1,4-5H2. The molecule has 9 heteroatoms. The SMILES string of the molecule is CCCOc1ccc(O)c(C(=O)O)c1.O=S1(=O)C2=CC(OCCCO)=C1C=C2. The molecule has 0 unspecified atom stereocenters. The van der Waals surface area contributed by atoms with E-state index in [1.807, 2.05) is 6.92 Å². The maximum absolute atomic E-state index is 11.5. The second kappa shape index (κ2) is 9.43. The number of sulfone groups is 1. The van der Waals surface area contributed by atoms with Gasteiger partial charge in [-0.25, -0.2) is 13.2 Å². The smallest absolute Gasteiger partial charge is 0.339 e. The van der Waals surface area contributed by atoms with E-state index in [1.54, 1.807) is 12.2 Å². The third-order valence-electron chi connectivity index (χ3n) is 3.75. The van der Waals surface area contributed by atoms with Crippen LogP contribution in [-0.4, -0.2) is 49.5 Å². The van der Waals surface area contributed by atoms with Crippen LogP contribution in [0.4, 0.5) is 0 Å². The van der Waals surface area contributed by atoms with E-state index in [1.165, 1.54) is 24.3 Å². The van der Waals surface area contributed by atoms with Gasteiger partial charge in [0.25, 0.3) is 0 Å². The van der Waals surface area contributed by atoms with Crippen molar-refractivity contribution >= 4 is 15.8 Å². The fraction of sp³-hybridized carbons (Fsp3) is 0.316. The average Bonchev–Trinajstić information content (AvgIpc) is 3.08. The number of carboxylic acid groups (broad SMARTS) is 1. The van der Waals surface area contributed by atoms with Crippen LogP contribution in [0.5, 0.6) is 11.5 Å². The Morgan fingerprint density at radius 2 is 1.89 bits per heavy atom. The van der Waals surface area contributed by atoms with Gasteiger partial charge in [0.15, 0.2) is 0 Å². The molecule has 2 heterocycles. The number of hydrogen-bond donors (Lipinski definition) is 3. The first-order chi connectivity index (χ1) is 13.3. The first kappa shape index (κ1) is 21.5. The van der Waals surface area contributed by atoms with Crippen molar-refractivity contribution in [1.82, 2.24) is 0 Å². The molecule has 3 rings (SSSR count). The first-order valence-corrected chi connectivity index (χ1v) is 10.1. The number of carbonyl (C=O) groups is 1. The Morgan fingerprint density at radius 1 is 1.14 bits per heavy atom. The van der Waals surface area contributed by atoms with Crippen LogP contribution in [0.2, 0.25) is 0 Å². The zero-order valence-corrected chi connectivity index (χ0v) is 16.1. The second-order valence-corrected chi connectivity index (χ2v) is 7.79. The minimum absolute atomic E-state index is 0.0434. The fourth-order valence-electron chi connectivity index (χ4n) is 2.36. The van der Waals surface area contributed by atoms with Crippen LogP contribution >= 0.6 is 0 Å². The lowest BCUT2D eigenvalue weighted by Gasteiger charge is -2.06. The molecule has 0 spiro atoms. The molecule has 0 atom stereocenters. The Hall–Kier alpha value is -2.78. The molecule has 0 aliphatic carbocycles. The molecule has 28 heavy (non-hydrogen) atoms. The Morgan fingerprint density at radius 3 is 2.43 bits per heavy atom. The topological polar surface area (TPSA) is 130 Å². The minimum atomic E-state index is -3.24. The number of aromatic hydroxyl groups is 1. The summed E-state index contributed by atoms with van der Waals surface area (Å²) in [6, 6.07) is 4.17. The summed E-state index contributed by atoms with van der Waals surface area (Å²) >= 11 is 0. The van der Waals surface area contributed by atoms with Gasteiger partial charge in [-0.1, -0.05) is 6.92 Å². The molecule has 8 nitrogen and oxygen atoms in total.